The Balaban J connectivity index is 3.68. The van der Waals surface area contributed by atoms with Crippen LogP contribution in [0.2, 0.25) is 10.2 Å². The number of rotatable bonds is 2. The summed E-state index contributed by atoms with van der Waals surface area (Å²) in [7, 11) is -4.37. The molecule has 0 aromatic carbocycles. The Bertz CT molecular complexity index is 492. The van der Waals surface area contributed by atoms with Crippen molar-refractivity contribution in [2.75, 3.05) is 0 Å². The molecular weight excluding hydrogens is 273 g/mol. The third-order valence-electron chi connectivity index (χ3n) is 1.48. The Morgan fingerprint density at radius 3 is 2.27 bits per heavy atom. The van der Waals surface area contributed by atoms with Gasteiger partial charge in [0, 0.05) is 6.20 Å². The summed E-state index contributed by atoms with van der Waals surface area (Å²) >= 11 is 10.7. The normalized spacial score (nSPS) is 12.1. The average molecular weight is 277 g/mol. The third kappa shape index (κ3) is 2.54. The van der Waals surface area contributed by atoms with Crippen molar-refractivity contribution in [1.29, 1.82) is 0 Å². The molecule has 0 aliphatic carbocycles. The van der Waals surface area contributed by atoms with Crippen LogP contribution >= 0.6 is 23.2 Å². The maximum Gasteiger partial charge on any atom is 0.268 e. The number of alkyl halides is 2. The van der Waals surface area contributed by atoms with Crippen LogP contribution in [0.3, 0.4) is 0 Å². The van der Waals surface area contributed by atoms with E-state index in [0.29, 0.717) is 0 Å². The third-order valence-corrected chi connectivity index (χ3v) is 3.19. The van der Waals surface area contributed by atoms with Gasteiger partial charge in [-0.1, -0.05) is 23.2 Å². The van der Waals surface area contributed by atoms with E-state index in [4.69, 9.17) is 28.3 Å². The minimum absolute atomic E-state index is 0.489. The van der Waals surface area contributed by atoms with Crippen molar-refractivity contribution in [3.05, 3.63) is 21.9 Å². The van der Waals surface area contributed by atoms with Gasteiger partial charge in [-0.3, -0.25) is 0 Å². The van der Waals surface area contributed by atoms with Gasteiger partial charge in [-0.05, 0) is 0 Å². The summed E-state index contributed by atoms with van der Waals surface area (Å²) in [6, 6.07) is 0. The van der Waals surface area contributed by atoms with Gasteiger partial charge in [-0.25, -0.2) is 27.3 Å². The van der Waals surface area contributed by atoms with E-state index in [1.807, 2.05) is 0 Å². The molecule has 2 N–H and O–H groups in total. The molecule has 0 spiro atoms. The molecule has 1 aromatic rings. The smallest absolute Gasteiger partial charge is 0.242 e. The molecule has 4 nitrogen and oxygen atoms in total. The van der Waals surface area contributed by atoms with Gasteiger partial charge in [0.1, 0.15) is 10.0 Å². The van der Waals surface area contributed by atoms with Gasteiger partial charge in [-0.15, -0.1) is 0 Å². The summed E-state index contributed by atoms with van der Waals surface area (Å²) in [5.41, 5.74) is -0.980. The Hall–Kier alpha value is -0.500. The van der Waals surface area contributed by atoms with Gasteiger partial charge < -0.3 is 0 Å². The molecule has 0 aliphatic rings. The second-order valence-electron chi connectivity index (χ2n) is 2.49. The Labute approximate surface area is 94.1 Å². The van der Waals surface area contributed by atoms with Crippen LogP contribution in [0.5, 0.6) is 0 Å². The Kier molecular flexibility index (Phi) is 3.49. The average Bonchev–Trinajstić information content (AvgIpc) is 2.05. The first-order valence-corrected chi connectivity index (χ1v) is 5.70. The lowest BCUT2D eigenvalue weighted by molar-refractivity contribution is 0.147. The highest BCUT2D eigenvalue weighted by molar-refractivity contribution is 7.89. The van der Waals surface area contributed by atoms with Crippen LogP contribution in [0.25, 0.3) is 0 Å². The minimum atomic E-state index is -4.37. The van der Waals surface area contributed by atoms with E-state index < -0.39 is 37.1 Å². The Morgan fingerprint density at radius 2 is 1.93 bits per heavy atom. The lowest BCUT2D eigenvalue weighted by atomic mass is 10.3. The van der Waals surface area contributed by atoms with E-state index in [-0.39, 0.29) is 0 Å². The first kappa shape index (κ1) is 12.6. The first-order chi connectivity index (χ1) is 6.75. The van der Waals surface area contributed by atoms with E-state index in [2.05, 4.69) is 4.98 Å². The number of halogens is 4. The molecule has 0 saturated heterocycles. The van der Waals surface area contributed by atoms with Crippen LogP contribution in [0, 0.1) is 0 Å². The predicted octanol–water partition coefficient (Wildman–Crippen LogP) is 1.97. The monoisotopic (exact) mass is 276 g/mol. The van der Waals surface area contributed by atoms with Crippen molar-refractivity contribution in [2.45, 2.75) is 11.3 Å². The molecule has 0 unspecified atom stereocenters. The van der Waals surface area contributed by atoms with Crippen LogP contribution in [0.4, 0.5) is 8.78 Å². The zero-order valence-electron chi connectivity index (χ0n) is 6.92. The van der Waals surface area contributed by atoms with Crippen LogP contribution in [-0.2, 0) is 10.0 Å². The highest BCUT2D eigenvalue weighted by atomic mass is 35.5. The summed E-state index contributed by atoms with van der Waals surface area (Å²) in [6.45, 7) is 0. The second-order valence-corrected chi connectivity index (χ2v) is 4.75. The van der Waals surface area contributed by atoms with Crippen molar-refractivity contribution >= 4 is 33.2 Å². The summed E-state index contributed by atoms with van der Waals surface area (Å²) < 4.78 is 47.0. The van der Waals surface area contributed by atoms with Gasteiger partial charge in [0.25, 0.3) is 6.43 Å². The molecule has 0 saturated carbocycles. The molecule has 0 atom stereocenters. The molecule has 0 amide bonds. The highest BCUT2D eigenvalue weighted by Crippen LogP contribution is 2.35. The van der Waals surface area contributed by atoms with Crippen molar-refractivity contribution in [1.82, 2.24) is 4.98 Å². The van der Waals surface area contributed by atoms with Crippen molar-refractivity contribution in [3.8, 4) is 0 Å². The summed E-state index contributed by atoms with van der Waals surface area (Å²) in [6.07, 6.45) is -2.28. The summed E-state index contributed by atoms with van der Waals surface area (Å²) in [5, 5.41) is 3.60. The maximum atomic E-state index is 12.5. The molecule has 84 valence electrons. The van der Waals surface area contributed by atoms with Gasteiger partial charge >= 0.3 is 0 Å². The van der Waals surface area contributed by atoms with E-state index in [0.717, 1.165) is 6.20 Å². The topological polar surface area (TPSA) is 73.1 Å². The molecule has 0 fully saturated rings. The number of nitrogens with two attached hydrogens (primary N) is 1. The number of hydrogen-bond acceptors (Lipinski definition) is 3. The van der Waals surface area contributed by atoms with E-state index in [1.165, 1.54) is 0 Å². The van der Waals surface area contributed by atoms with Crippen molar-refractivity contribution < 1.29 is 17.2 Å². The fourth-order valence-corrected chi connectivity index (χ4v) is 2.51. The molecule has 1 rings (SSSR count). The van der Waals surface area contributed by atoms with Gasteiger partial charge in [0.05, 0.1) is 10.6 Å². The maximum absolute atomic E-state index is 12.5. The van der Waals surface area contributed by atoms with Crippen molar-refractivity contribution in [2.24, 2.45) is 5.14 Å². The van der Waals surface area contributed by atoms with Crippen LogP contribution in [-0.4, -0.2) is 13.4 Å². The van der Waals surface area contributed by atoms with Gasteiger partial charge in [0.15, 0.2) is 0 Å². The van der Waals surface area contributed by atoms with E-state index in [1.54, 1.807) is 0 Å². The zero-order chi connectivity index (χ0) is 11.8. The standard InChI is InChI=1S/C6H4Cl2F2N2O2S/c7-2-1-12-5(8)3(6(9)10)4(2)15(11,13)14/h1,6H,(H2,11,13,14). The number of hydrogen-bond donors (Lipinski definition) is 1. The molecule has 1 heterocycles. The summed E-state index contributed by atoms with van der Waals surface area (Å²) in [4.78, 5) is 2.42. The Morgan fingerprint density at radius 1 is 1.40 bits per heavy atom. The quantitative estimate of drug-likeness (QED) is 0.840. The number of nitrogens with zero attached hydrogens (tertiary/aromatic N) is 1. The zero-order valence-corrected chi connectivity index (χ0v) is 9.24. The fourth-order valence-electron chi connectivity index (χ4n) is 0.942. The number of primary sulfonamides is 1. The first-order valence-electron chi connectivity index (χ1n) is 3.40. The largest absolute Gasteiger partial charge is 0.268 e. The lowest BCUT2D eigenvalue weighted by Crippen LogP contribution is -2.16. The molecular formula is C6H4Cl2F2N2O2S. The number of pyridine rings is 1. The SMILES string of the molecule is NS(=O)(=O)c1c(Cl)cnc(Cl)c1C(F)F. The number of sulfonamides is 1. The predicted molar refractivity (Wildman–Crippen MR) is 50.6 cm³/mol. The number of aromatic nitrogens is 1. The van der Waals surface area contributed by atoms with Crippen LogP contribution in [0.1, 0.15) is 12.0 Å². The lowest BCUT2D eigenvalue weighted by Gasteiger charge is -2.09. The van der Waals surface area contributed by atoms with Gasteiger partial charge in [-0.2, -0.15) is 0 Å². The highest BCUT2D eigenvalue weighted by Gasteiger charge is 2.27. The molecule has 0 aliphatic heterocycles. The van der Waals surface area contributed by atoms with E-state index in [9.17, 15) is 17.2 Å². The molecule has 9 heteroatoms. The van der Waals surface area contributed by atoms with Crippen LogP contribution < -0.4 is 5.14 Å². The van der Waals surface area contributed by atoms with E-state index >= 15 is 0 Å². The molecule has 15 heavy (non-hydrogen) atoms. The summed E-state index contributed by atoms with van der Waals surface area (Å²) in [5.74, 6) is 0. The fraction of sp³-hybridized carbons (Fsp3) is 0.167. The van der Waals surface area contributed by atoms with Gasteiger partial charge in [0.2, 0.25) is 10.0 Å². The minimum Gasteiger partial charge on any atom is -0.242 e. The second kappa shape index (κ2) is 4.17. The molecule has 0 radical (unpaired) electrons. The van der Waals surface area contributed by atoms with Crippen LogP contribution in [0.15, 0.2) is 11.1 Å². The van der Waals surface area contributed by atoms with Crippen molar-refractivity contribution in [3.63, 3.8) is 0 Å². The molecule has 0 bridgehead atoms. The molecule has 1 aromatic heterocycles.